The SMILES string of the molecule is C=CC(=O)Nc1cc(Cl)cc(NC(=O)c2cnn(-c3ccc(C(C)C)cc3)c2C(F)(F)F)c1. The number of nitrogens with zero attached hydrogens (tertiary/aromatic N) is 2. The lowest BCUT2D eigenvalue weighted by Crippen LogP contribution is -2.21. The van der Waals surface area contributed by atoms with E-state index in [0.717, 1.165) is 17.8 Å². The molecule has 1 aromatic heterocycles. The van der Waals surface area contributed by atoms with Crippen LogP contribution in [0.2, 0.25) is 5.02 Å². The Hall–Kier alpha value is -3.59. The Bertz CT molecular complexity index is 1200. The fraction of sp³-hybridized carbons (Fsp3) is 0.174. The first kappa shape index (κ1) is 24.1. The smallest absolute Gasteiger partial charge is 0.322 e. The van der Waals surface area contributed by atoms with E-state index in [1.807, 2.05) is 13.8 Å². The van der Waals surface area contributed by atoms with Crippen molar-refractivity contribution in [2.24, 2.45) is 0 Å². The molecule has 10 heteroatoms. The zero-order valence-electron chi connectivity index (χ0n) is 17.7. The number of hydrogen-bond donors (Lipinski definition) is 2. The van der Waals surface area contributed by atoms with Crippen molar-refractivity contribution in [3.05, 3.63) is 83.2 Å². The number of amides is 2. The van der Waals surface area contributed by atoms with Gasteiger partial charge in [0.05, 0.1) is 17.4 Å². The lowest BCUT2D eigenvalue weighted by Gasteiger charge is -2.14. The fourth-order valence-electron chi connectivity index (χ4n) is 3.11. The topological polar surface area (TPSA) is 76.0 Å². The van der Waals surface area contributed by atoms with E-state index in [9.17, 15) is 22.8 Å². The van der Waals surface area contributed by atoms with Crippen molar-refractivity contribution in [2.75, 3.05) is 10.6 Å². The average molecular weight is 477 g/mol. The maximum absolute atomic E-state index is 13.9. The molecular formula is C23H20ClF3N4O2. The van der Waals surface area contributed by atoms with Crippen LogP contribution < -0.4 is 10.6 Å². The van der Waals surface area contributed by atoms with E-state index in [0.29, 0.717) is 4.68 Å². The maximum atomic E-state index is 13.9. The van der Waals surface area contributed by atoms with Gasteiger partial charge in [0.15, 0.2) is 5.69 Å². The normalized spacial score (nSPS) is 11.4. The predicted octanol–water partition coefficient (Wildman–Crippen LogP) is 6.04. The van der Waals surface area contributed by atoms with E-state index in [4.69, 9.17) is 11.6 Å². The number of carbonyl (C=O) groups excluding carboxylic acids is 2. The van der Waals surface area contributed by atoms with Gasteiger partial charge in [-0.15, -0.1) is 0 Å². The van der Waals surface area contributed by atoms with Gasteiger partial charge in [-0.1, -0.05) is 44.2 Å². The first-order valence-electron chi connectivity index (χ1n) is 9.80. The van der Waals surface area contributed by atoms with Gasteiger partial charge in [-0.25, -0.2) is 4.68 Å². The third kappa shape index (κ3) is 5.61. The van der Waals surface area contributed by atoms with Crippen LogP contribution in [0.15, 0.2) is 61.3 Å². The van der Waals surface area contributed by atoms with Gasteiger partial charge in [0.25, 0.3) is 5.91 Å². The number of anilines is 2. The van der Waals surface area contributed by atoms with Crippen LogP contribution in [0.3, 0.4) is 0 Å². The number of carbonyl (C=O) groups is 2. The summed E-state index contributed by atoms with van der Waals surface area (Å²) in [6, 6.07) is 10.6. The molecule has 3 rings (SSSR count). The minimum atomic E-state index is -4.85. The van der Waals surface area contributed by atoms with E-state index in [2.05, 4.69) is 22.3 Å². The molecule has 172 valence electrons. The van der Waals surface area contributed by atoms with Crippen molar-refractivity contribution < 1.29 is 22.8 Å². The second-order valence-electron chi connectivity index (χ2n) is 7.44. The Morgan fingerprint density at radius 1 is 1.09 bits per heavy atom. The van der Waals surface area contributed by atoms with Crippen molar-refractivity contribution in [1.82, 2.24) is 9.78 Å². The molecule has 0 fully saturated rings. The molecule has 0 radical (unpaired) electrons. The monoisotopic (exact) mass is 476 g/mol. The molecule has 0 saturated carbocycles. The van der Waals surface area contributed by atoms with Crippen LogP contribution in [0.5, 0.6) is 0 Å². The van der Waals surface area contributed by atoms with Crippen molar-refractivity contribution in [3.8, 4) is 5.69 Å². The molecular weight excluding hydrogens is 457 g/mol. The Balaban J connectivity index is 1.96. The van der Waals surface area contributed by atoms with Crippen molar-refractivity contribution in [1.29, 1.82) is 0 Å². The zero-order chi connectivity index (χ0) is 24.3. The van der Waals surface area contributed by atoms with E-state index >= 15 is 0 Å². The van der Waals surface area contributed by atoms with Crippen LogP contribution in [0.1, 0.15) is 41.4 Å². The Morgan fingerprint density at radius 3 is 2.24 bits per heavy atom. The third-order valence-electron chi connectivity index (χ3n) is 4.70. The number of nitrogens with one attached hydrogen (secondary N) is 2. The van der Waals surface area contributed by atoms with Crippen LogP contribution in [0.25, 0.3) is 5.69 Å². The molecule has 0 aliphatic carbocycles. The highest BCUT2D eigenvalue weighted by atomic mass is 35.5. The number of alkyl halides is 3. The second-order valence-corrected chi connectivity index (χ2v) is 7.88. The summed E-state index contributed by atoms with van der Waals surface area (Å²) in [4.78, 5) is 24.3. The Labute approximate surface area is 193 Å². The van der Waals surface area contributed by atoms with Crippen LogP contribution in [0, 0.1) is 0 Å². The molecule has 0 aliphatic heterocycles. The van der Waals surface area contributed by atoms with Gasteiger partial charge in [0.1, 0.15) is 0 Å². The first-order chi connectivity index (χ1) is 15.5. The van der Waals surface area contributed by atoms with Gasteiger partial charge in [-0.3, -0.25) is 9.59 Å². The zero-order valence-corrected chi connectivity index (χ0v) is 18.5. The van der Waals surface area contributed by atoms with Crippen LogP contribution in [-0.2, 0) is 11.0 Å². The molecule has 2 aromatic carbocycles. The molecule has 0 unspecified atom stereocenters. The van der Waals surface area contributed by atoms with Gasteiger partial charge < -0.3 is 10.6 Å². The molecule has 0 saturated heterocycles. The van der Waals surface area contributed by atoms with Crippen molar-refractivity contribution >= 4 is 34.8 Å². The Kier molecular flexibility index (Phi) is 6.92. The quantitative estimate of drug-likeness (QED) is 0.425. The van der Waals surface area contributed by atoms with Crippen LogP contribution in [0.4, 0.5) is 24.5 Å². The highest BCUT2D eigenvalue weighted by Crippen LogP contribution is 2.34. The standard InChI is InChI=1S/C23H20ClF3N4O2/c1-4-20(32)29-16-9-15(24)10-17(11-16)30-22(33)19-12-28-31(21(19)23(25,26)27)18-7-5-14(6-8-18)13(2)3/h4-13H,1H2,2-3H3,(H,29,32)(H,30,33). The number of hydrogen-bond acceptors (Lipinski definition) is 3. The average Bonchev–Trinajstić information content (AvgIpc) is 3.19. The molecule has 1 heterocycles. The highest BCUT2D eigenvalue weighted by molar-refractivity contribution is 6.31. The summed E-state index contributed by atoms with van der Waals surface area (Å²) >= 11 is 6.00. The first-order valence-corrected chi connectivity index (χ1v) is 10.2. The van der Waals surface area contributed by atoms with Gasteiger partial charge in [0, 0.05) is 16.4 Å². The lowest BCUT2D eigenvalue weighted by molar-refractivity contribution is -0.143. The maximum Gasteiger partial charge on any atom is 0.434 e. The summed E-state index contributed by atoms with van der Waals surface area (Å²) in [5.74, 6) is -1.34. The van der Waals surface area contributed by atoms with Gasteiger partial charge in [-0.2, -0.15) is 18.3 Å². The van der Waals surface area contributed by atoms with E-state index in [-0.39, 0.29) is 28.0 Å². The molecule has 3 aromatic rings. The third-order valence-corrected chi connectivity index (χ3v) is 4.91. The summed E-state index contributed by atoms with van der Waals surface area (Å²) in [7, 11) is 0. The molecule has 0 aliphatic rings. The number of rotatable bonds is 6. The number of aromatic nitrogens is 2. The van der Waals surface area contributed by atoms with E-state index in [1.54, 1.807) is 12.1 Å². The molecule has 0 spiro atoms. The van der Waals surface area contributed by atoms with Gasteiger partial charge >= 0.3 is 6.18 Å². The van der Waals surface area contributed by atoms with Gasteiger partial charge in [-0.05, 0) is 47.9 Å². The largest absolute Gasteiger partial charge is 0.434 e. The van der Waals surface area contributed by atoms with Gasteiger partial charge in [0.2, 0.25) is 5.91 Å². The van der Waals surface area contributed by atoms with Crippen molar-refractivity contribution in [2.45, 2.75) is 25.9 Å². The molecule has 0 bridgehead atoms. The molecule has 2 N–H and O–H groups in total. The fourth-order valence-corrected chi connectivity index (χ4v) is 3.34. The summed E-state index contributed by atoms with van der Waals surface area (Å²) < 4.78 is 42.5. The highest BCUT2D eigenvalue weighted by Gasteiger charge is 2.40. The number of halogens is 4. The summed E-state index contributed by atoms with van der Waals surface area (Å²) in [5.41, 5.74) is -0.416. The van der Waals surface area contributed by atoms with Crippen LogP contribution >= 0.6 is 11.6 Å². The lowest BCUT2D eigenvalue weighted by atomic mass is 10.0. The van der Waals surface area contributed by atoms with E-state index in [1.165, 1.54) is 30.3 Å². The predicted molar refractivity (Wildman–Crippen MR) is 121 cm³/mol. The molecule has 33 heavy (non-hydrogen) atoms. The Morgan fingerprint density at radius 2 is 1.70 bits per heavy atom. The van der Waals surface area contributed by atoms with Crippen molar-refractivity contribution in [3.63, 3.8) is 0 Å². The second kappa shape index (κ2) is 9.50. The van der Waals surface area contributed by atoms with E-state index < -0.39 is 29.2 Å². The summed E-state index contributed by atoms with van der Waals surface area (Å²) in [6.45, 7) is 7.27. The minimum absolute atomic E-state index is 0.0917. The van der Waals surface area contributed by atoms with Crippen LogP contribution in [-0.4, -0.2) is 21.6 Å². The summed E-state index contributed by atoms with van der Waals surface area (Å²) in [6.07, 6.45) is -2.95. The molecule has 2 amide bonds. The molecule has 0 atom stereocenters. The molecule has 6 nitrogen and oxygen atoms in total. The summed E-state index contributed by atoms with van der Waals surface area (Å²) in [5, 5.41) is 8.82. The number of benzene rings is 2. The minimum Gasteiger partial charge on any atom is -0.322 e.